The maximum absolute atomic E-state index is 12.8. The van der Waals surface area contributed by atoms with Crippen molar-refractivity contribution in [3.63, 3.8) is 0 Å². The number of thiol groups is 1. The molecular weight excluding hydrogens is 476 g/mol. The van der Waals surface area contributed by atoms with Gasteiger partial charge in [0, 0.05) is 4.90 Å². The molecule has 2 bridgehead atoms. The molecule has 0 aliphatic carbocycles. The molecule has 1 aliphatic heterocycles. The number of cyclic esters (lactones) is 1. The largest absolute Gasteiger partial charge is 0.456 e. The molecule has 0 radical (unpaired) electrons. The van der Waals surface area contributed by atoms with Crippen LogP contribution in [0.3, 0.4) is 0 Å². The van der Waals surface area contributed by atoms with Gasteiger partial charge in [-0.3, -0.25) is 14.4 Å². The van der Waals surface area contributed by atoms with Crippen LogP contribution < -0.4 is 16.0 Å². The summed E-state index contributed by atoms with van der Waals surface area (Å²) in [5, 5.41) is 7.91. The number of carbonyl (C=O) groups is 4. The topological polar surface area (TPSA) is 126 Å². The maximum atomic E-state index is 12.8. The summed E-state index contributed by atoms with van der Waals surface area (Å²) in [5.41, 5.74) is 0.594. The normalized spacial score (nSPS) is 21.7. The molecule has 2 heterocycles. The lowest BCUT2D eigenvalue weighted by atomic mass is 10.1. The van der Waals surface area contributed by atoms with E-state index in [4.69, 9.17) is 4.74 Å². The summed E-state index contributed by atoms with van der Waals surface area (Å²) >= 11 is 5.59. The first-order valence-electron chi connectivity index (χ1n) is 10.9. The van der Waals surface area contributed by atoms with Crippen molar-refractivity contribution in [2.75, 3.05) is 12.0 Å². The van der Waals surface area contributed by atoms with Crippen molar-refractivity contribution in [1.29, 1.82) is 0 Å². The van der Waals surface area contributed by atoms with Gasteiger partial charge in [0.25, 0.3) is 11.8 Å². The number of fused-ring (bicyclic) bond motifs is 2. The third-order valence-corrected chi connectivity index (χ3v) is 5.99. The van der Waals surface area contributed by atoms with Crippen LogP contribution >= 0.6 is 24.4 Å². The number of amides is 3. The molecule has 11 heteroatoms. The van der Waals surface area contributed by atoms with Gasteiger partial charge >= 0.3 is 5.97 Å². The zero-order chi connectivity index (χ0) is 25.1. The number of allylic oxidation sites excluding steroid dienone is 2. The molecule has 0 spiro atoms. The summed E-state index contributed by atoms with van der Waals surface area (Å²) in [7, 11) is 0. The molecule has 0 saturated heterocycles. The lowest BCUT2D eigenvalue weighted by Gasteiger charge is -2.21. The SMILES string of the molecule is C/C=C1\NC(=O)c2ccc(SC)c(n2)CNC(=O)C[C@@H](/C=C/CCS)OC(=O)C(CC)NC1=O. The molecule has 1 aromatic rings. The van der Waals surface area contributed by atoms with Gasteiger partial charge in [0.05, 0.1) is 18.7 Å². The maximum Gasteiger partial charge on any atom is 0.329 e. The van der Waals surface area contributed by atoms with Crippen molar-refractivity contribution in [2.45, 2.75) is 56.7 Å². The van der Waals surface area contributed by atoms with E-state index in [9.17, 15) is 19.2 Å². The number of pyridine rings is 1. The molecule has 3 amide bonds. The number of hydrogen-bond donors (Lipinski definition) is 4. The summed E-state index contributed by atoms with van der Waals surface area (Å²) < 4.78 is 5.55. The predicted molar refractivity (Wildman–Crippen MR) is 133 cm³/mol. The lowest BCUT2D eigenvalue weighted by molar-refractivity contribution is -0.151. The van der Waals surface area contributed by atoms with Gasteiger partial charge < -0.3 is 20.7 Å². The minimum Gasteiger partial charge on any atom is -0.456 e. The number of nitrogens with one attached hydrogen (secondary N) is 3. The highest BCUT2D eigenvalue weighted by Crippen LogP contribution is 2.19. The van der Waals surface area contributed by atoms with Crippen molar-refractivity contribution in [1.82, 2.24) is 20.9 Å². The smallest absolute Gasteiger partial charge is 0.329 e. The van der Waals surface area contributed by atoms with Gasteiger partial charge in [0.15, 0.2) is 0 Å². The molecule has 1 aliphatic rings. The van der Waals surface area contributed by atoms with Crippen molar-refractivity contribution in [3.8, 4) is 0 Å². The molecule has 1 unspecified atom stereocenters. The van der Waals surface area contributed by atoms with Crippen LogP contribution in [0.4, 0.5) is 0 Å². The number of aromatic nitrogens is 1. The van der Waals surface area contributed by atoms with Crippen LogP contribution in [0.5, 0.6) is 0 Å². The number of rotatable bonds is 5. The second-order valence-corrected chi connectivity index (χ2v) is 8.63. The van der Waals surface area contributed by atoms with E-state index >= 15 is 0 Å². The van der Waals surface area contributed by atoms with Gasteiger partial charge in [0.1, 0.15) is 23.5 Å². The first-order valence-corrected chi connectivity index (χ1v) is 12.8. The fourth-order valence-electron chi connectivity index (χ4n) is 3.08. The minimum absolute atomic E-state index is 0.0147. The Bertz CT molecular complexity index is 980. The van der Waals surface area contributed by atoms with Crippen LogP contribution in [-0.2, 0) is 25.7 Å². The van der Waals surface area contributed by atoms with Gasteiger partial charge in [-0.1, -0.05) is 19.1 Å². The number of ether oxygens (including phenoxy) is 1. The number of nitrogens with zero attached hydrogens (tertiary/aromatic N) is 1. The third-order valence-electron chi connectivity index (χ3n) is 4.92. The Balaban J connectivity index is 2.42. The van der Waals surface area contributed by atoms with Gasteiger partial charge in [-0.25, -0.2) is 9.78 Å². The Morgan fingerprint density at radius 1 is 1.24 bits per heavy atom. The Morgan fingerprint density at radius 3 is 2.65 bits per heavy atom. The highest BCUT2D eigenvalue weighted by atomic mass is 32.2. The van der Waals surface area contributed by atoms with E-state index < -0.39 is 29.9 Å². The fourth-order valence-corrected chi connectivity index (χ4v) is 3.78. The first kappa shape index (κ1) is 27.5. The molecule has 0 aromatic carbocycles. The van der Waals surface area contributed by atoms with Crippen molar-refractivity contribution in [3.05, 3.63) is 47.4 Å². The van der Waals surface area contributed by atoms with Gasteiger partial charge in [-0.2, -0.15) is 12.6 Å². The second-order valence-electron chi connectivity index (χ2n) is 7.33. The van der Waals surface area contributed by atoms with Gasteiger partial charge in [0.2, 0.25) is 5.91 Å². The molecule has 184 valence electrons. The Morgan fingerprint density at radius 2 is 2.00 bits per heavy atom. The van der Waals surface area contributed by atoms with E-state index in [1.54, 1.807) is 38.1 Å². The van der Waals surface area contributed by atoms with Crippen LogP contribution in [0, 0.1) is 0 Å². The van der Waals surface area contributed by atoms with Crippen molar-refractivity contribution >= 4 is 48.1 Å². The summed E-state index contributed by atoms with van der Waals surface area (Å²) in [6, 6.07) is 2.33. The van der Waals surface area contributed by atoms with Crippen LogP contribution in [0.25, 0.3) is 0 Å². The third kappa shape index (κ3) is 7.91. The summed E-state index contributed by atoms with van der Waals surface area (Å²) in [6.07, 6.45) is 6.73. The van der Waals surface area contributed by atoms with Crippen LogP contribution in [0.2, 0.25) is 0 Å². The van der Waals surface area contributed by atoms with E-state index in [0.717, 1.165) is 4.90 Å². The molecule has 0 fully saturated rings. The first-order chi connectivity index (χ1) is 16.3. The average Bonchev–Trinajstić information content (AvgIpc) is 2.83. The quantitative estimate of drug-likeness (QED) is 0.158. The molecule has 0 saturated carbocycles. The fraction of sp³-hybridized carbons (Fsp3) is 0.435. The van der Waals surface area contributed by atoms with E-state index in [-0.39, 0.29) is 36.7 Å². The Labute approximate surface area is 209 Å². The van der Waals surface area contributed by atoms with E-state index in [1.165, 1.54) is 17.8 Å². The molecule has 2 atom stereocenters. The highest BCUT2D eigenvalue weighted by molar-refractivity contribution is 7.98. The summed E-state index contributed by atoms with van der Waals surface area (Å²) in [6.45, 7) is 3.40. The monoisotopic (exact) mass is 506 g/mol. The average molecular weight is 507 g/mol. The number of hydrogen-bond acceptors (Lipinski definition) is 8. The van der Waals surface area contributed by atoms with Gasteiger partial charge in [-0.05, 0) is 50.0 Å². The highest BCUT2D eigenvalue weighted by Gasteiger charge is 2.26. The molecule has 2 rings (SSSR count). The zero-order valence-electron chi connectivity index (χ0n) is 19.4. The number of carbonyl (C=O) groups excluding carboxylic acids is 4. The molecule has 9 nitrogen and oxygen atoms in total. The Hall–Kier alpha value is -2.79. The summed E-state index contributed by atoms with van der Waals surface area (Å²) in [4.78, 5) is 56.1. The van der Waals surface area contributed by atoms with E-state index in [1.807, 2.05) is 6.26 Å². The summed E-state index contributed by atoms with van der Waals surface area (Å²) in [5.74, 6) is -1.63. The van der Waals surface area contributed by atoms with Crippen molar-refractivity contribution < 1.29 is 23.9 Å². The molecular formula is C23H30N4O5S2. The predicted octanol–water partition coefficient (Wildman–Crippen LogP) is 2.14. The minimum atomic E-state index is -0.957. The van der Waals surface area contributed by atoms with Gasteiger partial charge in [-0.15, -0.1) is 11.8 Å². The molecule has 3 N–H and O–H groups in total. The van der Waals surface area contributed by atoms with Crippen LogP contribution in [0.15, 0.2) is 41.0 Å². The molecule has 34 heavy (non-hydrogen) atoms. The number of esters is 1. The second kappa shape index (κ2) is 13.8. The van der Waals surface area contributed by atoms with E-state index in [2.05, 4.69) is 33.6 Å². The number of thioether (sulfide) groups is 1. The zero-order valence-corrected chi connectivity index (χ0v) is 21.1. The Kier molecular flexibility index (Phi) is 11.1. The lowest BCUT2D eigenvalue weighted by Crippen LogP contribution is -2.46. The van der Waals surface area contributed by atoms with Crippen molar-refractivity contribution in [2.24, 2.45) is 0 Å². The van der Waals surface area contributed by atoms with Crippen LogP contribution in [0.1, 0.15) is 49.3 Å². The standard InChI is InChI=1S/C23H30N4O5S2/c1-4-15-21(29)27-16(5-2)23(31)32-14(8-6-7-11-33)12-20(28)24-13-18-19(34-3)10-9-17(25-18)22(30)26-15/h4,6,8-10,14,16,33H,5,7,11-13H2,1-3H3,(H,24,28)(H,26,30)(H,27,29)/b8-6+,15-4-/t14-,16?/m1/s1. The van der Waals surface area contributed by atoms with Crippen LogP contribution in [-0.4, -0.2) is 52.8 Å². The molecule has 1 aromatic heterocycles. The van der Waals surface area contributed by atoms with E-state index in [0.29, 0.717) is 17.9 Å².